The van der Waals surface area contributed by atoms with Crippen molar-refractivity contribution in [2.75, 3.05) is 13.2 Å². The summed E-state index contributed by atoms with van der Waals surface area (Å²) in [6.07, 6.45) is 2.30. The summed E-state index contributed by atoms with van der Waals surface area (Å²) >= 11 is 0. The number of hydrogen-bond acceptors (Lipinski definition) is 4. The topological polar surface area (TPSA) is 67.9 Å². The lowest BCUT2D eigenvalue weighted by atomic mass is 10.0. The second kappa shape index (κ2) is 11.7. The van der Waals surface area contributed by atoms with Crippen LogP contribution in [0.15, 0.2) is 42.5 Å². The van der Waals surface area contributed by atoms with Crippen molar-refractivity contribution in [3.8, 4) is 11.5 Å². The van der Waals surface area contributed by atoms with E-state index in [1.807, 2.05) is 70.2 Å². The van der Waals surface area contributed by atoms with E-state index in [1.54, 1.807) is 4.90 Å². The maximum Gasteiger partial charge on any atom is 0.243 e. The summed E-state index contributed by atoms with van der Waals surface area (Å²) in [5.74, 6) is 1.34. The number of amides is 2. The fourth-order valence-electron chi connectivity index (χ4n) is 3.89. The van der Waals surface area contributed by atoms with Crippen LogP contribution in [0, 0.1) is 6.92 Å². The normalized spacial score (nSPS) is 14.3. The van der Waals surface area contributed by atoms with Gasteiger partial charge in [-0.25, -0.2) is 0 Å². The van der Waals surface area contributed by atoms with Crippen molar-refractivity contribution >= 4 is 11.8 Å². The van der Waals surface area contributed by atoms with Crippen LogP contribution in [0.3, 0.4) is 0 Å². The maximum absolute atomic E-state index is 13.4. The summed E-state index contributed by atoms with van der Waals surface area (Å²) in [6, 6.07) is 13.5. The van der Waals surface area contributed by atoms with E-state index in [1.165, 1.54) is 0 Å². The summed E-state index contributed by atoms with van der Waals surface area (Å²) in [4.78, 5) is 28.2. The van der Waals surface area contributed by atoms with Crippen molar-refractivity contribution < 1.29 is 19.1 Å². The van der Waals surface area contributed by atoms with E-state index in [0.29, 0.717) is 39.0 Å². The number of ether oxygens (including phenoxy) is 2. The summed E-state index contributed by atoms with van der Waals surface area (Å²) in [7, 11) is 0. The van der Waals surface area contributed by atoms with E-state index in [4.69, 9.17) is 9.47 Å². The molecule has 3 rings (SSSR count). The van der Waals surface area contributed by atoms with Crippen LogP contribution in [0.4, 0.5) is 0 Å². The highest BCUT2D eigenvalue weighted by atomic mass is 16.6. The lowest BCUT2D eigenvalue weighted by molar-refractivity contribution is -0.141. The minimum Gasteiger partial charge on any atom is -0.486 e. The van der Waals surface area contributed by atoms with E-state index in [2.05, 4.69) is 5.32 Å². The SMILES string of the molecule is CC[C@H](C)NC(=O)[C@H](CC)N(Cc1ccc(C)cc1)C(=O)CCc1ccc2c(c1)OCCO2. The largest absolute Gasteiger partial charge is 0.486 e. The first-order valence-electron chi connectivity index (χ1n) is 11.9. The minimum absolute atomic E-state index is 0.0309. The molecule has 1 aliphatic rings. The van der Waals surface area contributed by atoms with Crippen LogP contribution in [0.2, 0.25) is 0 Å². The van der Waals surface area contributed by atoms with Crippen molar-refractivity contribution in [3.63, 3.8) is 0 Å². The van der Waals surface area contributed by atoms with E-state index in [9.17, 15) is 9.59 Å². The molecule has 0 saturated carbocycles. The minimum atomic E-state index is -0.506. The van der Waals surface area contributed by atoms with Crippen LogP contribution < -0.4 is 14.8 Å². The quantitative estimate of drug-likeness (QED) is 0.579. The maximum atomic E-state index is 13.4. The smallest absolute Gasteiger partial charge is 0.243 e. The molecule has 2 aromatic carbocycles. The summed E-state index contributed by atoms with van der Waals surface area (Å²) < 4.78 is 11.3. The second-order valence-corrected chi connectivity index (χ2v) is 8.73. The molecular weight excluding hydrogens is 416 g/mol. The second-order valence-electron chi connectivity index (χ2n) is 8.73. The summed E-state index contributed by atoms with van der Waals surface area (Å²) in [5, 5.41) is 3.06. The van der Waals surface area contributed by atoms with E-state index < -0.39 is 6.04 Å². The van der Waals surface area contributed by atoms with Gasteiger partial charge in [-0.3, -0.25) is 9.59 Å². The third kappa shape index (κ3) is 6.73. The Morgan fingerprint density at radius 1 is 0.970 bits per heavy atom. The number of nitrogens with zero attached hydrogens (tertiary/aromatic N) is 1. The molecule has 6 heteroatoms. The van der Waals surface area contributed by atoms with Crippen LogP contribution in [0.5, 0.6) is 11.5 Å². The van der Waals surface area contributed by atoms with Gasteiger partial charge < -0.3 is 19.7 Å². The molecule has 1 heterocycles. The van der Waals surface area contributed by atoms with Crippen LogP contribution in [0.1, 0.15) is 56.7 Å². The molecule has 1 N–H and O–H groups in total. The molecule has 2 atom stereocenters. The lowest BCUT2D eigenvalue weighted by Crippen LogP contribution is -2.50. The molecule has 0 fully saturated rings. The Bertz CT molecular complexity index is 942. The predicted octanol–water partition coefficient (Wildman–Crippen LogP) is 4.42. The van der Waals surface area contributed by atoms with Crippen LogP contribution in [-0.2, 0) is 22.6 Å². The van der Waals surface area contributed by atoms with Crippen molar-refractivity contribution in [3.05, 3.63) is 59.2 Å². The zero-order valence-electron chi connectivity index (χ0n) is 20.2. The molecule has 0 radical (unpaired) electrons. The Kier molecular flexibility index (Phi) is 8.75. The highest BCUT2D eigenvalue weighted by Gasteiger charge is 2.29. The predicted molar refractivity (Wildman–Crippen MR) is 129 cm³/mol. The van der Waals surface area contributed by atoms with Gasteiger partial charge in [-0.1, -0.05) is 49.7 Å². The van der Waals surface area contributed by atoms with E-state index >= 15 is 0 Å². The van der Waals surface area contributed by atoms with Crippen LogP contribution in [0.25, 0.3) is 0 Å². The monoisotopic (exact) mass is 452 g/mol. The average molecular weight is 453 g/mol. The first-order valence-corrected chi connectivity index (χ1v) is 11.9. The number of carbonyl (C=O) groups excluding carboxylic acids is 2. The fourth-order valence-corrected chi connectivity index (χ4v) is 3.89. The molecule has 0 saturated heterocycles. The van der Waals surface area contributed by atoms with Crippen LogP contribution in [-0.4, -0.2) is 42.0 Å². The van der Waals surface area contributed by atoms with Gasteiger partial charge in [0.1, 0.15) is 19.3 Å². The first-order chi connectivity index (χ1) is 15.9. The van der Waals surface area contributed by atoms with Gasteiger partial charge in [0.05, 0.1) is 0 Å². The summed E-state index contributed by atoms with van der Waals surface area (Å²) in [5.41, 5.74) is 3.19. The molecule has 0 bridgehead atoms. The molecular formula is C27H36N2O4. The third-order valence-electron chi connectivity index (χ3n) is 6.09. The first kappa shape index (κ1) is 24.6. The molecule has 2 amide bonds. The number of carbonyl (C=O) groups is 2. The Balaban J connectivity index is 1.75. The Hall–Kier alpha value is -3.02. The average Bonchev–Trinajstić information content (AvgIpc) is 2.83. The molecule has 1 aliphatic heterocycles. The molecule has 2 aromatic rings. The Morgan fingerprint density at radius 2 is 1.64 bits per heavy atom. The van der Waals surface area contributed by atoms with Crippen molar-refractivity contribution in [2.45, 2.75) is 72.0 Å². The van der Waals surface area contributed by atoms with Gasteiger partial charge in [0.25, 0.3) is 0 Å². The van der Waals surface area contributed by atoms with E-state index in [0.717, 1.165) is 34.6 Å². The van der Waals surface area contributed by atoms with Gasteiger partial charge in [-0.2, -0.15) is 0 Å². The van der Waals surface area contributed by atoms with E-state index in [-0.39, 0.29) is 17.9 Å². The number of rotatable bonds is 10. The van der Waals surface area contributed by atoms with Crippen LogP contribution >= 0.6 is 0 Å². The standard InChI is InChI=1S/C27H36N2O4/c1-5-20(4)28-27(31)23(6-2)29(18-22-9-7-19(3)8-10-22)26(30)14-12-21-11-13-24-25(17-21)33-16-15-32-24/h7-11,13,17,20,23H,5-6,12,14-16,18H2,1-4H3,(H,28,31)/t20-,23-/m0/s1. The Morgan fingerprint density at radius 3 is 2.30 bits per heavy atom. The third-order valence-corrected chi connectivity index (χ3v) is 6.09. The van der Waals surface area contributed by atoms with Gasteiger partial charge in [-0.15, -0.1) is 0 Å². The number of hydrogen-bond donors (Lipinski definition) is 1. The molecule has 33 heavy (non-hydrogen) atoms. The van der Waals surface area contributed by atoms with Crippen molar-refractivity contribution in [1.29, 1.82) is 0 Å². The highest BCUT2D eigenvalue weighted by molar-refractivity contribution is 5.88. The molecule has 6 nitrogen and oxygen atoms in total. The van der Waals surface area contributed by atoms with Gasteiger partial charge in [0.2, 0.25) is 11.8 Å². The van der Waals surface area contributed by atoms with Gasteiger partial charge >= 0.3 is 0 Å². The highest BCUT2D eigenvalue weighted by Crippen LogP contribution is 2.31. The number of aryl methyl sites for hydroxylation is 2. The number of nitrogens with one attached hydrogen (secondary N) is 1. The number of fused-ring (bicyclic) bond motifs is 1. The van der Waals surface area contributed by atoms with Gasteiger partial charge in [0, 0.05) is 19.0 Å². The lowest BCUT2D eigenvalue weighted by Gasteiger charge is -2.31. The Labute approximate surface area is 197 Å². The van der Waals surface area contributed by atoms with Crippen molar-refractivity contribution in [1.82, 2.24) is 10.2 Å². The van der Waals surface area contributed by atoms with Gasteiger partial charge in [-0.05, 0) is 56.4 Å². The molecule has 0 unspecified atom stereocenters. The molecule has 0 aliphatic carbocycles. The molecule has 178 valence electrons. The molecule has 0 aromatic heterocycles. The van der Waals surface area contributed by atoms with Crippen molar-refractivity contribution in [2.24, 2.45) is 0 Å². The zero-order valence-corrected chi connectivity index (χ0v) is 20.2. The van der Waals surface area contributed by atoms with Gasteiger partial charge in [0.15, 0.2) is 11.5 Å². The number of benzene rings is 2. The zero-order chi connectivity index (χ0) is 23.8. The summed E-state index contributed by atoms with van der Waals surface area (Å²) in [6.45, 7) is 9.50. The molecule has 0 spiro atoms. The fraction of sp³-hybridized carbons (Fsp3) is 0.481.